The molecule has 1 aliphatic heterocycles. The van der Waals surface area contributed by atoms with E-state index < -0.39 is 34.4 Å². The summed E-state index contributed by atoms with van der Waals surface area (Å²) < 4.78 is 11.0. The van der Waals surface area contributed by atoms with Gasteiger partial charge in [0.1, 0.15) is 16.4 Å². The van der Waals surface area contributed by atoms with Gasteiger partial charge in [0, 0.05) is 17.7 Å². The number of carbonyl (C=O) groups excluding carboxylic acids is 3. The quantitative estimate of drug-likeness (QED) is 0.0539. The van der Waals surface area contributed by atoms with E-state index in [1.807, 2.05) is 20.8 Å². The number of hydrogen-bond donors (Lipinski definition) is 1. The van der Waals surface area contributed by atoms with Crippen molar-refractivity contribution >= 4 is 45.6 Å². The Hall–Kier alpha value is -4.58. The molecule has 2 heterocycles. The van der Waals surface area contributed by atoms with Crippen LogP contribution in [0.3, 0.4) is 0 Å². The van der Waals surface area contributed by atoms with Crippen LogP contribution in [0.15, 0.2) is 54.1 Å². The van der Waals surface area contributed by atoms with E-state index in [4.69, 9.17) is 9.47 Å². The number of aryl methyl sites for hydroxylation is 1. The number of nitrogens with zero attached hydrogens (tertiary/aromatic N) is 3. The lowest BCUT2D eigenvalue weighted by Gasteiger charge is -2.23. The smallest absolute Gasteiger partial charge is 0.350 e. The number of carbonyl (C=O) groups is 3. The lowest BCUT2D eigenvalue weighted by molar-refractivity contribution is -0.384. The fourth-order valence-corrected chi connectivity index (χ4v) is 5.29. The maximum Gasteiger partial charge on any atom is 0.350 e. The van der Waals surface area contributed by atoms with E-state index in [1.54, 1.807) is 31.2 Å². The molecule has 12 heteroatoms. The van der Waals surface area contributed by atoms with Gasteiger partial charge in [-0.2, -0.15) is 0 Å². The third kappa shape index (κ3) is 6.33. The molecule has 1 saturated heterocycles. The van der Waals surface area contributed by atoms with Gasteiger partial charge in [0.25, 0.3) is 11.5 Å². The first-order chi connectivity index (χ1) is 20.0. The first-order valence-corrected chi connectivity index (χ1v) is 14.3. The molecule has 1 atom stereocenters. The fraction of sp³-hybridized carbons (Fsp3) is 0.333. The van der Waals surface area contributed by atoms with Crippen LogP contribution >= 0.6 is 11.3 Å². The average Bonchev–Trinajstić information content (AvgIpc) is 3.48. The molecule has 0 spiro atoms. The van der Waals surface area contributed by atoms with Gasteiger partial charge in [-0.05, 0) is 61.2 Å². The first-order valence-electron chi connectivity index (χ1n) is 13.5. The summed E-state index contributed by atoms with van der Waals surface area (Å²) in [6, 6.07) is 10.6. The number of rotatable bonds is 11. The summed E-state index contributed by atoms with van der Waals surface area (Å²) in [5.74, 6) is -2.26. The minimum atomic E-state index is -1.17. The van der Waals surface area contributed by atoms with Crippen molar-refractivity contribution in [3.63, 3.8) is 0 Å². The van der Waals surface area contributed by atoms with Gasteiger partial charge in [0.05, 0.1) is 35.4 Å². The summed E-state index contributed by atoms with van der Waals surface area (Å²) in [5.41, 5.74) is 0.514. The Morgan fingerprint density at radius 1 is 1.14 bits per heavy atom. The van der Waals surface area contributed by atoms with Gasteiger partial charge < -0.3 is 14.6 Å². The minimum Gasteiger partial charge on any atom is -0.507 e. The maximum absolute atomic E-state index is 13.5. The molecule has 0 saturated carbocycles. The van der Waals surface area contributed by atoms with Crippen molar-refractivity contribution in [1.82, 2.24) is 4.98 Å². The van der Waals surface area contributed by atoms with Crippen LogP contribution < -0.4 is 9.64 Å². The Morgan fingerprint density at radius 2 is 1.81 bits per heavy atom. The first kappa shape index (κ1) is 30.4. The van der Waals surface area contributed by atoms with Gasteiger partial charge in [-0.25, -0.2) is 9.78 Å². The number of non-ortho nitro benzene ring substituents is 1. The number of anilines is 1. The summed E-state index contributed by atoms with van der Waals surface area (Å²) in [6.07, 6.45) is 1.86. The lowest BCUT2D eigenvalue weighted by atomic mass is 9.95. The number of aliphatic hydroxyl groups is 1. The van der Waals surface area contributed by atoms with Gasteiger partial charge in [-0.1, -0.05) is 38.5 Å². The zero-order valence-electron chi connectivity index (χ0n) is 23.7. The molecule has 1 aliphatic rings. The molecule has 2 aromatic carbocycles. The molecule has 220 valence electrons. The van der Waals surface area contributed by atoms with Crippen molar-refractivity contribution < 1.29 is 33.9 Å². The average molecular weight is 594 g/mol. The number of aliphatic hydroxyl groups excluding tert-OH is 1. The summed E-state index contributed by atoms with van der Waals surface area (Å²) in [4.78, 5) is 56.0. The number of esters is 1. The number of unbranched alkanes of at least 4 members (excludes halogenated alkanes) is 1. The van der Waals surface area contributed by atoms with E-state index in [2.05, 4.69) is 4.98 Å². The highest BCUT2D eigenvalue weighted by atomic mass is 32.1. The SMILES string of the molecule is CCCCOc1ccc(/C(O)=C2\C(=O)C(=O)N(c3nc(C)c(C(=O)OCC(C)C)s3)C2c2ccc([N+](=O)[O-])cc2)cc1. The van der Waals surface area contributed by atoms with Crippen LogP contribution in [0.5, 0.6) is 5.75 Å². The monoisotopic (exact) mass is 593 g/mol. The second-order valence-electron chi connectivity index (χ2n) is 10.1. The van der Waals surface area contributed by atoms with Crippen molar-refractivity contribution in [2.75, 3.05) is 18.1 Å². The molecule has 1 amide bonds. The highest BCUT2D eigenvalue weighted by molar-refractivity contribution is 7.17. The largest absolute Gasteiger partial charge is 0.507 e. The van der Waals surface area contributed by atoms with Gasteiger partial charge in [-0.15, -0.1) is 0 Å². The standard InChI is InChI=1S/C30H31N3O8S/c1-5-6-15-40-22-13-9-20(10-14-22)25(34)23-24(19-7-11-21(12-8-19)33(38)39)32(28(36)26(23)35)30-31-18(4)27(42-30)29(37)41-16-17(2)3/h7-14,17,24,34H,5-6,15-16H2,1-4H3/b25-23+. The number of Topliss-reactive ketones (excluding diaryl/α,β-unsaturated/α-hetero) is 1. The number of aromatic nitrogens is 1. The molecule has 1 aromatic heterocycles. The van der Waals surface area contributed by atoms with Crippen molar-refractivity contribution in [2.24, 2.45) is 5.92 Å². The third-order valence-electron chi connectivity index (χ3n) is 6.48. The molecule has 1 fully saturated rings. The molecule has 1 unspecified atom stereocenters. The number of benzene rings is 2. The molecule has 0 bridgehead atoms. The maximum atomic E-state index is 13.5. The summed E-state index contributed by atoms with van der Waals surface area (Å²) in [5, 5.41) is 22.7. The van der Waals surface area contributed by atoms with Crippen LogP contribution in [-0.4, -0.2) is 45.9 Å². The van der Waals surface area contributed by atoms with Crippen molar-refractivity contribution in [1.29, 1.82) is 0 Å². The van der Waals surface area contributed by atoms with Gasteiger partial charge in [-0.3, -0.25) is 24.6 Å². The second kappa shape index (κ2) is 12.9. The van der Waals surface area contributed by atoms with E-state index in [1.165, 1.54) is 24.3 Å². The van der Waals surface area contributed by atoms with E-state index in [9.17, 15) is 29.6 Å². The third-order valence-corrected chi connectivity index (χ3v) is 7.62. The molecular formula is C30H31N3O8S. The number of ether oxygens (including phenoxy) is 2. The number of hydrogen-bond acceptors (Lipinski definition) is 10. The molecule has 3 aromatic rings. The molecule has 0 radical (unpaired) electrons. The van der Waals surface area contributed by atoms with Crippen LogP contribution in [-0.2, 0) is 14.3 Å². The number of ketones is 1. The molecule has 11 nitrogen and oxygen atoms in total. The number of thiazole rings is 1. The predicted octanol–water partition coefficient (Wildman–Crippen LogP) is 5.98. The van der Waals surface area contributed by atoms with Gasteiger partial charge in [0.2, 0.25) is 0 Å². The zero-order chi connectivity index (χ0) is 30.6. The Kier molecular flexibility index (Phi) is 9.36. The van der Waals surface area contributed by atoms with E-state index in [-0.39, 0.29) is 39.4 Å². The fourth-order valence-electron chi connectivity index (χ4n) is 4.30. The van der Waals surface area contributed by atoms with Crippen molar-refractivity contribution in [3.8, 4) is 5.75 Å². The summed E-state index contributed by atoms with van der Waals surface area (Å²) >= 11 is 0.888. The topological polar surface area (TPSA) is 149 Å². The summed E-state index contributed by atoms with van der Waals surface area (Å²) in [7, 11) is 0. The Morgan fingerprint density at radius 3 is 2.40 bits per heavy atom. The number of nitro benzene ring substituents is 1. The van der Waals surface area contributed by atoms with Crippen LogP contribution in [0, 0.1) is 23.0 Å². The second-order valence-corrected chi connectivity index (χ2v) is 11.1. The molecule has 4 rings (SSSR count). The van der Waals surface area contributed by atoms with Crippen LogP contribution in [0.25, 0.3) is 5.76 Å². The molecular weight excluding hydrogens is 562 g/mol. The predicted molar refractivity (Wildman–Crippen MR) is 157 cm³/mol. The highest BCUT2D eigenvalue weighted by Crippen LogP contribution is 2.44. The highest BCUT2D eigenvalue weighted by Gasteiger charge is 2.48. The van der Waals surface area contributed by atoms with Crippen molar-refractivity contribution in [2.45, 2.75) is 46.6 Å². The van der Waals surface area contributed by atoms with Gasteiger partial charge >= 0.3 is 11.9 Å². The lowest BCUT2D eigenvalue weighted by Crippen LogP contribution is -2.29. The van der Waals surface area contributed by atoms with E-state index in [0.717, 1.165) is 29.1 Å². The van der Waals surface area contributed by atoms with Gasteiger partial charge in [0.15, 0.2) is 5.13 Å². The number of amides is 1. The summed E-state index contributed by atoms with van der Waals surface area (Å²) in [6.45, 7) is 8.17. The Balaban J connectivity index is 1.79. The molecule has 0 aliphatic carbocycles. The normalized spacial score (nSPS) is 16.2. The van der Waals surface area contributed by atoms with E-state index >= 15 is 0 Å². The van der Waals surface area contributed by atoms with Crippen LogP contribution in [0.1, 0.15) is 66.1 Å². The van der Waals surface area contributed by atoms with Crippen molar-refractivity contribution in [3.05, 3.63) is 85.9 Å². The zero-order valence-corrected chi connectivity index (χ0v) is 24.5. The number of nitro groups is 1. The molecule has 42 heavy (non-hydrogen) atoms. The molecule has 1 N–H and O–H groups in total. The minimum absolute atomic E-state index is 0.0492. The van der Waals surface area contributed by atoms with Crippen LogP contribution in [0.4, 0.5) is 10.8 Å². The Labute approximate surface area is 246 Å². The van der Waals surface area contributed by atoms with Crippen LogP contribution in [0.2, 0.25) is 0 Å². The van der Waals surface area contributed by atoms with E-state index in [0.29, 0.717) is 23.6 Å². The Bertz CT molecular complexity index is 1530.